The first-order chi connectivity index (χ1) is 10.8. The summed E-state index contributed by atoms with van der Waals surface area (Å²) < 4.78 is 0. The van der Waals surface area contributed by atoms with Crippen LogP contribution in [0.15, 0.2) is 29.2 Å². The molecule has 0 aliphatic carbocycles. The minimum atomic E-state index is -0.00720. The quantitative estimate of drug-likeness (QED) is 0.603. The molecule has 0 spiro atoms. The monoisotopic (exact) mass is 329 g/mol. The van der Waals surface area contributed by atoms with Gasteiger partial charge in [0.1, 0.15) is 0 Å². The van der Waals surface area contributed by atoms with Gasteiger partial charge >= 0.3 is 0 Å². The van der Waals surface area contributed by atoms with Gasteiger partial charge in [-0.05, 0) is 49.9 Å². The zero-order chi connectivity index (χ0) is 17.1. The van der Waals surface area contributed by atoms with E-state index in [1.807, 2.05) is 13.8 Å². The van der Waals surface area contributed by atoms with E-state index in [9.17, 15) is 9.59 Å². The molecule has 0 fully saturated rings. The number of ketones is 2. The van der Waals surface area contributed by atoms with Crippen LogP contribution in [0.4, 0.5) is 0 Å². The zero-order valence-electron chi connectivity index (χ0n) is 14.3. The predicted octanol–water partition coefficient (Wildman–Crippen LogP) is 4.93. The van der Waals surface area contributed by atoms with Crippen LogP contribution in [0.5, 0.6) is 0 Å². The summed E-state index contributed by atoms with van der Waals surface area (Å²) >= 11 is 1.52. The van der Waals surface area contributed by atoms with Gasteiger partial charge in [0.15, 0.2) is 11.6 Å². The number of Topliss-reactive ketones (excluding diaryl/α,β-unsaturated/α-hetero) is 2. The third kappa shape index (κ3) is 3.94. The number of nitrogens with one attached hydrogen (secondary N) is 1. The van der Waals surface area contributed by atoms with Gasteiger partial charge < -0.3 is 4.98 Å². The molecule has 2 aromatic rings. The molecule has 0 saturated carbocycles. The van der Waals surface area contributed by atoms with Crippen LogP contribution in [0.25, 0.3) is 0 Å². The maximum atomic E-state index is 12.4. The van der Waals surface area contributed by atoms with E-state index in [2.05, 4.69) is 43.1 Å². The number of aromatic amines is 1. The highest BCUT2D eigenvalue weighted by Gasteiger charge is 2.19. The molecule has 0 saturated heterocycles. The molecule has 3 nitrogen and oxygen atoms in total. The maximum Gasteiger partial charge on any atom is 0.189 e. The summed E-state index contributed by atoms with van der Waals surface area (Å²) in [7, 11) is 0. The molecule has 0 radical (unpaired) electrons. The molecule has 122 valence electrons. The lowest BCUT2D eigenvalue weighted by Gasteiger charge is -2.06. The molecule has 1 aromatic carbocycles. The Morgan fingerprint density at radius 3 is 2.22 bits per heavy atom. The highest BCUT2D eigenvalue weighted by atomic mass is 32.2. The number of hydrogen-bond acceptors (Lipinski definition) is 3. The second kappa shape index (κ2) is 7.18. The van der Waals surface area contributed by atoms with E-state index in [-0.39, 0.29) is 11.6 Å². The Balaban J connectivity index is 2.08. The maximum absolute atomic E-state index is 12.4. The summed E-state index contributed by atoms with van der Waals surface area (Å²) in [6.45, 7) is 9.51. The molecular formula is C19H23NO2S. The van der Waals surface area contributed by atoms with E-state index in [4.69, 9.17) is 0 Å². The lowest BCUT2D eigenvalue weighted by Crippen LogP contribution is -2.05. The van der Waals surface area contributed by atoms with Gasteiger partial charge in [0, 0.05) is 16.2 Å². The van der Waals surface area contributed by atoms with Crippen molar-refractivity contribution in [3.05, 3.63) is 52.3 Å². The minimum Gasteiger partial charge on any atom is -0.355 e. The standard InChI is InChI=1S/C19H23NO2S/c1-11(2)15-6-8-16(9-7-15)23-10-17(22)19-12(3)18(14(5)21)13(4)20-19/h6-9,11,20H,10H2,1-5H3. The summed E-state index contributed by atoms with van der Waals surface area (Å²) in [4.78, 5) is 28.2. The van der Waals surface area contributed by atoms with Gasteiger partial charge in [-0.2, -0.15) is 0 Å². The van der Waals surface area contributed by atoms with E-state index < -0.39 is 0 Å². The summed E-state index contributed by atoms with van der Waals surface area (Å²) in [5, 5.41) is 0. The highest BCUT2D eigenvalue weighted by Crippen LogP contribution is 2.24. The number of thioether (sulfide) groups is 1. The van der Waals surface area contributed by atoms with Crippen LogP contribution >= 0.6 is 11.8 Å². The molecule has 2 rings (SSSR count). The van der Waals surface area contributed by atoms with E-state index in [1.165, 1.54) is 24.2 Å². The van der Waals surface area contributed by atoms with Gasteiger partial charge in [-0.15, -0.1) is 11.8 Å². The second-order valence-corrected chi connectivity index (χ2v) is 7.17. The Morgan fingerprint density at radius 2 is 1.74 bits per heavy atom. The number of H-pyrrole nitrogens is 1. The van der Waals surface area contributed by atoms with Crippen molar-refractivity contribution in [2.75, 3.05) is 5.75 Å². The average Bonchev–Trinajstić information content (AvgIpc) is 2.80. The Hall–Kier alpha value is -1.81. The SMILES string of the molecule is CC(=O)c1c(C)[nH]c(C(=O)CSc2ccc(C(C)C)cc2)c1C. The number of benzene rings is 1. The number of aryl methyl sites for hydroxylation is 1. The summed E-state index contributed by atoms with van der Waals surface area (Å²) in [5.41, 5.74) is 4.02. The van der Waals surface area contributed by atoms with Crippen molar-refractivity contribution >= 4 is 23.3 Å². The molecule has 0 atom stereocenters. The molecule has 0 unspecified atom stereocenters. The van der Waals surface area contributed by atoms with Crippen LogP contribution in [0.3, 0.4) is 0 Å². The van der Waals surface area contributed by atoms with Gasteiger partial charge in [-0.1, -0.05) is 26.0 Å². The molecule has 1 N–H and O–H groups in total. The third-order valence-corrected chi connectivity index (χ3v) is 5.00. The molecular weight excluding hydrogens is 306 g/mol. The van der Waals surface area contributed by atoms with Crippen molar-refractivity contribution in [2.24, 2.45) is 0 Å². The van der Waals surface area contributed by atoms with Crippen LogP contribution in [0.2, 0.25) is 0 Å². The molecule has 23 heavy (non-hydrogen) atoms. The van der Waals surface area contributed by atoms with E-state index in [0.717, 1.165) is 16.2 Å². The fourth-order valence-electron chi connectivity index (χ4n) is 2.73. The number of aromatic nitrogens is 1. The largest absolute Gasteiger partial charge is 0.355 e. The van der Waals surface area contributed by atoms with Crippen LogP contribution in [-0.4, -0.2) is 22.3 Å². The summed E-state index contributed by atoms with van der Waals surface area (Å²) in [5.74, 6) is 0.882. The Kier molecular flexibility index (Phi) is 5.47. The van der Waals surface area contributed by atoms with Crippen molar-refractivity contribution in [1.82, 2.24) is 4.98 Å². The van der Waals surface area contributed by atoms with Crippen molar-refractivity contribution in [3.63, 3.8) is 0 Å². The third-order valence-electron chi connectivity index (χ3n) is 3.99. The van der Waals surface area contributed by atoms with Gasteiger partial charge in [-0.25, -0.2) is 0 Å². The Morgan fingerprint density at radius 1 is 1.13 bits per heavy atom. The van der Waals surface area contributed by atoms with Crippen molar-refractivity contribution < 1.29 is 9.59 Å². The number of carbonyl (C=O) groups is 2. The molecule has 1 aromatic heterocycles. The smallest absolute Gasteiger partial charge is 0.189 e. The molecule has 0 amide bonds. The van der Waals surface area contributed by atoms with Crippen molar-refractivity contribution in [2.45, 2.75) is 45.4 Å². The fourth-order valence-corrected chi connectivity index (χ4v) is 3.50. The first-order valence-corrected chi connectivity index (χ1v) is 8.75. The second-order valence-electron chi connectivity index (χ2n) is 6.12. The number of rotatable bonds is 6. The molecule has 1 heterocycles. The van der Waals surface area contributed by atoms with Gasteiger partial charge in [-0.3, -0.25) is 9.59 Å². The van der Waals surface area contributed by atoms with Gasteiger partial charge in [0.25, 0.3) is 0 Å². The van der Waals surface area contributed by atoms with Crippen molar-refractivity contribution in [3.8, 4) is 0 Å². The lowest BCUT2D eigenvalue weighted by molar-refractivity contribution is 0.101. The summed E-state index contributed by atoms with van der Waals surface area (Å²) in [6, 6.07) is 8.33. The van der Waals surface area contributed by atoms with E-state index in [0.29, 0.717) is 22.9 Å². The first-order valence-electron chi connectivity index (χ1n) is 7.77. The first kappa shape index (κ1) is 17.5. The van der Waals surface area contributed by atoms with E-state index >= 15 is 0 Å². The van der Waals surface area contributed by atoms with Gasteiger partial charge in [0.2, 0.25) is 0 Å². The van der Waals surface area contributed by atoms with Crippen LogP contribution in [-0.2, 0) is 0 Å². The molecule has 0 aliphatic rings. The topological polar surface area (TPSA) is 49.9 Å². The van der Waals surface area contributed by atoms with Crippen LogP contribution in [0.1, 0.15) is 64.4 Å². The Labute approximate surface area is 141 Å². The Bertz CT molecular complexity index is 727. The fraction of sp³-hybridized carbons (Fsp3) is 0.368. The highest BCUT2D eigenvalue weighted by molar-refractivity contribution is 8.00. The minimum absolute atomic E-state index is 0.00720. The number of carbonyl (C=O) groups excluding carboxylic acids is 2. The number of hydrogen-bond donors (Lipinski definition) is 1. The van der Waals surface area contributed by atoms with Gasteiger partial charge in [0.05, 0.1) is 11.4 Å². The zero-order valence-corrected chi connectivity index (χ0v) is 15.1. The molecule has 0 bridgehead atoms. The average molecular weight is 329 g/mol. The van der Waals surface area contributed by atoms with Crippen LogP contribution < -0.4 is 0 Å². The van der Waals surface area contributed by atoms with E-state index in [1.54, 1.807) is 0 Å². The van der Waals surface area contributed by atoms with Crippen LogP contribution in [0, 0.1) is 13.8 Å². The molecule has 0 aliphatic heterocycles. The normalized spacial score (nSPS) is 11.0. The molecule has 4 heteroatoms. The lowest BCUT2D eigenvalue weighted by atomic mass is 10.0. The predicted molar refractivity (Wildman–Crippen MR) is 95.9 cm³/mol. The van der Waals surface area contributed by atoms with Crippen molar-refractivity contribution in [1.29, 1.82) is 0 Å². The summed E-state index contributed by atoms with van der Waals surface area (Å²) in [6.07, 6.45) is 0.